The van der Waals surface area contributed by atoms with Crippen molar-refractivity contribution >= 4 is 21.6 Å². The van der Waals surface area contributed by atoms with Crippen molar-refractivity contribution in [1.29, 1.82) is 0 Å². The Kier molecular flexibility index (Phi) is 6.98. The molecule has 1 atom stereocenters. The quantitative estimate of drug-likeness (QED) is 0.614. The summed E-state index contributed by atoms with van der Waals surface area (Å²) in [6.07, 6.45) is 1.24. The number of aryl methyl sites for hydroxylation is 1. The maximum atomic E-state index is 14.2. The fourth-order valence-corrected chi connectivity index (χ4v) is 5.60. The number of halogens is 1. The first-order valence-corrected chi connectivity index (χ1v) is 12.2. The van der Waals surface area contributed by atoms with Gasteiger partial charge in [0.25, 0.3) is 5.56 Å². The van der Waals surface area contributed by atoms with Crippen LogP contribution in [0.25, 0.3) is 0 Å². The Balaban J connectivity index is 1.57. The molecule has 3 heterocycles. The molecule has 2 fully saturated rings. The summed E-state index contributed by atoms with van der Waals surface area (Å²) < 4.78 is 53.6. The van der Waals surface area contributed by atoms with Crippen molar-refractivity contribution in [2.24, 2.45) is 0 Å². The van der Waals surface area contributed by atoms with Crippen molar-refractivity contribution in [2.75, 3.05) is 38.2 Å². The molecule has 0 saturated carbocycles. The Morgan fingerprint density at radius 1 is 1.21 bits per heavy atom. The number of aromatic nitrogens is 2. The summed E-state index contributed by atoms with van der Waals surface area (Å²) in [6, 6.07) is 4.36. The molecule has 184 valence electrons. The Labute approximate surface area is 194 Å². The lowest BCUT2D eigenvalue weighted by atomic mass is 10.2. The van der Waals surface area contributed by atoms with E-state index in [1.165, 1.54) is 16.4 Å². The van der Waals surface area contributed by atoms with Gasteiger partial charge in [-0.3, -0.25) is 14.2 Å². The number of sulfonamides is 1. The number of morpholine rings is 1. The number of hydrogen-bond acceptors (Lipinski definition) is 7. The molecule has 2 aliphatic heterocycles. The number of ether oxygens (including phenoxy) is 2. The van der Waals surface area contributed by atoms with Gasteiger partial charge in [0.15, 0.2) is 0 Å². The molecule has 2 saturated heterocycles. The lowest BCUT2D eigenvalue weighted by molar-refractivity contribution is -0.116. The molecule has 2 aliphatic rings. The van der Waals surface area contributed by atoms with Crippen LogP contribution in [0.4, 0.5) is 10.1 Å². The number of carbonyl (C=O) groups excluding carboxylic acids is 1. The van der Waals surface area contributed by atoms with E-state index in [2.05, 4.69) is 5.32 Å². The first-order chi connectivity index (χ1) is 16.2. The van der Waals surface area contributed by atoms with E-state index in [1.807, 2.05) is 0 Å². The standard InChI is InChI=1S/C21H25FN4O7S/c1-14-4-5-15(11-17(14)34(30,31)24-6-9-32-10-7-24)23-18(27)13-26-20(28)16(22)12-25(21(26)29)19-3-2-8-33-19/h4-5,11-12,19H,2-3,6-10,13H2,1H3,(H,23,27)/t19-/m1/s1. The highest BCUT2D eigenvalue weighted by Crippen LogP contribution is 2.24. The van der Waals surface area contributed by atoms with Gasteiger partial charge < -0.3 is 14.8 Å². The van der Waals surface area contributed by atoms with Gasteiger partial charge in [0, 0.05) is 25.4 Å². The molecule has 2 aromatic rings. The van der Waals surface area contributed by atoms with Gasteiger partial charge in [-0.15, -0.1) is 0 Å². The highest BCUT2D eigenvalue weighted by atomic mass is 32.2. The van der Waals surface area contributed by atoms with Crippen molar-refractivity contribution in [2.45, 2.75) is 37.4 Å². The summed E-state index contributed by atoms with van der Waals surface area (Å²) in [7, 11) is -3.81. The molecule has 4 rings (SSSR count). The second-order valence-corrected chi connectivity index (χ2v) is 9.98. The molecule has 0 aliphatic carbocycles. The van der Waals surface area contributed by atoms with Crippen molar-refractivity contribution in [3.8, 4) is 0 Å². The van der Waals surface area contributed by atoms with Crippen molar-refractivity contribution < 1.29 is 27.1 Å². The van der Waals surface area contributed by atoms with Gasteiger partial charge in [0.2, 0.25) is 21.7 Å². The predicted octanol–water partition coefficient (Wildman–Crippen LogP) is 0.426. The van der Waals surface area contributed by atoms with E-state index in [-0.39, 0.29) is 23.7 Å². The molecule has 0 bridgehead atoms. The van der Waals surface area contributed by atoms with Crippen LogP contribution in [0.2, 0.25) is 0 Å². The van der Waals surface area contributed by atoms with E-state index in [0.717, 1.165) is 10.8 Å². The third kappa shape index (κ3) is 4.82. The van der Waals surface area contributed by atoms with Crippen LogP contribution in [0.5, 0.6) is 0 Å². The highest BCUT2D eigenvalue weighted by Gasteiger charge is 2.28. The minimum Gasteiger partial charge on any atom is -0.379 e. The van der Waals surface area contributed by atoms with Crippen LogP contribution < -0.4 is 16.6 Å². The molecule has 1 aromatic carbocycles. The second kappa shape index (κ2) is 9.78. The molecule has 1 N–H and O–H groups in total. The zero-order chi connectivity index (χ0) is 24.5. The maximum absolute atomic E-state index is 14.2. The Morgan fingerprint density at radius 2 is 1.94 bits per heavy atom. The molecule has 0 unspecified atom stereocenters. The maximum Gasteiger partial charge on any atom is 0.333 e. The Hall–Kier alpha value is -2.87. The van der Waals surface area contributed by atoms with Crippen LogP contribution in [0.3, 0.4) is 0 Å². The van der Waals surface area contributed by atoms with Crippen LogP contribution in [0.1, 0.15) is 24.6 Å². The zero-order valence-electron chi connectivity index (χ0n) is 18.5. The van der Waals surface area contributed by atoms with Gasteiger partial charge in [-0.05, 0) is 37.5 Å². The minimum absolute atomic E-state index is 0.0239. The molecule has 0 radical (unpaired) electrons. The Morgan fingerprint density at radius 3 is 2.62 bits per heavy atom. The predicted molar refractivity (Wildman–Crippen MR) is 119 cm³/mol. The summed E-state index contributed by atoms with van der Waals surface area (Å²) in [5, 5.41) is 2.49. The number of nitrogens with one attached hydrogen (secondary N) is 1. The topological polar surface area (TPSA) is 129 Å². The zero-order valence-corrected chi connectivity index (χ0v) is 19.3. The van der Waals surface area contributed by atoms with Crippen molar-refractivity contribution in [3.05, 3.63) is 56.6 Å². The average Bonchev–Trinajstić information content (AvgIpc) is 3.35. The van der Waals surface area contributed by atoms with Gasteiger partial charge in [0.05, 0.1) is 24.3 Å². The van der Waals surface area contributed by atoms with E-state index in [4.69, 9.17) is 9.47 Å². The van der Waals surface area contributed by atoms with Gasteiger partial charge in [-0.25, -0.2) is 17.8 Å². The number of hydrogen-bond donors (Lipinski definition) is 1. The molecule has 1 amide bonds. The summed E-state index contributed by atoms with van der Waals surface area (Å²) in [6.45, 7) is 2.32. The average molecular weight is 497 g/mol. The number of anilines is 1. The number of carbonyl (C=O) groups is 1. The molecule has 11 nitrogen and oxygen atoms in total. The SMILES string of the molecule is Cc1ccc(NC(=O)Cn2c(=O)c(F)cn([C@H]3CCCO3)c2=O)cc1S(=O)(=O)N1CCOCC1. The monoisotopic (exact) mass is 496 g/mol. The summed E-state index contributed by atoms with van der Waals surface area (Å²) in [5.74, 6) is -1.97. The molecule has 1 aromatic heterocycles. The van der Waals surface area contributed by atoms with E-state index in [9.17, 15) is 27.2 Å². The largest absolute Gasteiger partial charge is 0.379 e. The minimum atomic E-state index is -3.81. The van der Waals surface area contributed by atoms with Crippen LogP contribution in [-0.4, -0.2) is 60.7 Å². The lowest BCUT2D eigenvalue weighted by Gasteiger charge is -2.26. The third-order valence-electron chi connectivity index (χ3n) is 5.73. The van der Waals surface area contributed by atoms with Crippen LogP contribution >= 0.6 is 0 Å². The first-order valence-electron chi connectivity index (χ1n) is 10.8. The number of rotatable bonds is 6. The number of amides is 1. The lowest BCUT2D eigenvalue weighted by Crippen LogP contribution is -2.44. The van der Waals surface area contributed by atoms with Crippen molar-refractivity contribution in [3.63, 3.8) is 0 Å². The fourth-order valence-electron chi connectivity index (χ4n) is 3.94. The van der Waals surface area contributed by atoms with Crippen LogP contribution in [0.15, 0.2) is 38.9 Å². The molecular formula is C21H25FN4O7S. The molecule has 34 heavy (non-hydrogen) atoms. The van der Waals surface area contributed by atoms with Gasteiger partial charge >= 0.3 is 5.69 Å². The normalized spacial score (nSPS) is 19.3. The number of nitrogens with zero attached hydrogens (tertiary/aromatic N) is 3. The van der Waals surface area contributed by atoms with E-state index in [1.54, 1.807) is 13.0 Å². The van der Waals surface area contributed by atoms with Crippen molar-refractivity contribution in [1.82, 2.24) is 13.4 Å². The summed E-state index contributed by atoms with van der Waals surface area (Å²) in [4.78, 5) is 37.6. The van der Waals surface area contributed by atoms with Crippen LogP contribution in [0, 0.1) is 12.7 Å². The second-order valence-electron chi connectivity index (χ2n) is 8.07. The van der Waals surface area contributed by atoms with E-state index < -0.39 is 45.8 Å². The summed E-state index contributed by atoms with van der Waals surface area (Å²) >= 11 is 0. The Bertz CT molecular complexity index is 1310. The summed E-state index contributed by atoms with van der Waals surface area (Å²) in [5.41, 5.74) is -1.45. The highest BCUT2D eigenvalue weighted by molar-refractivity contribution is 7.89. The van der Waals surface area contributed by atoms with Gasteiger partial charge in [-0.2, -0.15) is 8.70 Å². The first kappa shape index (κ1) is 24.3. The van der Waals surface area contributed by atoms with E-state index in [0.29, 0.717) is 42.8 Å². The smallest absolute Gasteiger partial charge is 0.333 e. The molecular weight excluding hydrogens is 471 g/mol. The van der Waals surface area contributed by atoms with Crippen LogP contribution in [-0.2, 0) is 30.8 Å². The van der Waals surface area contributed by atoms with Gasteiger partial charge in [0.1, 0.15) is 12.8 Å². The molecule has 0 spiro atoms. The van der Waals surface area contributed by atoms with E-state index >= 15 is 0 Å². The molecule has 13 heteroatoms. The fraction of sp³-hybridized carbons (Fsp3) is 0.476. The van der Waals surface area contributed by atoms with Gasteiger partial charge in [-0.1, -0.05) is 6.07 Å². The number of benzene rings is 1. The third-order valence-corrected chi connectivity index (χ3v) is 7.77.